The summed E-state index contributed by atoms with van der Waals surface area (Å²) in [5.74, 6) is 0. The van der Waals surface area contributed by atoms with E-state index in [1.165, 1.54) is 11.1 Å². The molecule has 0 bridgehead atoms. The van der Waals surface area contributed by atoms with Crippen molar-refractivity contribution >= 4 is 0 Å². The van der Waals surface area contributed by atoms with Crippen molar-refractivity contribution in [2.75, 3.05) is 7.05 Å². The lowest BCUT2D eigenvalue weighted by molar-refractivity contribution is 0.287. The maximum Gasteiger partial charge on any atom is 0.0537 e. The molecule has 108 valence electrons. The number of nitrogens with zero attached hydrogens (tertiary/aromatic N) is 2. The lowest BCUT2D eigenvalue weighted by Gasteiger charge is -2.40. The minimum Gasteiger partial charge on any atom is -0.312 e. The lowest BCUT2D eigenvalue weighted by Crippen LogP contribution is -2.39. The van der Waals surface area contributed by atoms with Crippen LogP contribution in [-0.4, -0.2) is 16.8 Å². The van der Waals surface area contributed by atoms with Crippen molar-refractivity contribution in [3.63, 3.8) is 0 Å². The Morgan fingerprint density at radius 2 is 1.85 bits per heavy atom. The molecule has 0 spiro atoms. The third-order valence-corrected chi connectivity index (χ3v) is 4.51. The van der Waals surface area contributed by atoms with Gasteiger partial charge in [-0.05, 0) is 25.5 Å². The molecule has 0 aliphatic carbocycles. The van der Waals surface area contributed by atoms with E-state index in [-0.39, 0.29) is 11.5 Å². The van der Waals surface area contributed by atoms with E-state index in [0.717, 1.165) is 12.8 Å². The van der Waals surface area contributed by atoms with Gasteiger partial charge in [0.25, 0.3) is 0 Å². The summed E-state index contributed by atoms with van der Waals surface area (Å²) < 4.78 is 1.88. The summed E-state index contributed by atoms with van der Waals surface area (Å²) in [6.07, 6.45) is 6.27. The molecule has 3 nitrogen and oxygen atoms in total. The summed E-state index contributed by atoms with van der Waals surface area (Å²) >= 11 is 0. The maximum absolute atomic E-state index is 4.34. The van der Waals surface area contributed by atoms with Crippen LogP contribution in [-0.2, 0) is 12.5 Å². The van der Waals surface area contributed by atoms with Gasteiger partial charge in [-0.25, -0.2) is 0 Å². The SMILES string of the molecule is CCC(CC)(c1ccccc1)C(NC)c1cnn(C)c1. The van der Waals surface area contributed by atoms with Crippen LogP contribution in [0, 0.1) is 0 Å². The summed E-state index contributed by atoms with van der Waals surface area (Å²) in [7, 11) is 4.01. The molecule has 0 fully saturated rings. The Morgan fingerprint density at radius 3 is 2.30 bits per heavy atom. The van der Waals surface area contributed by atoms with Gasteiger partial charge in [0.1, 0.15) is 0 Å². The summed E-state index contributed by atoms with van der Waals surface area (Å²) in [5.41, 5.74) is 2.75. The normalized spacial score (nSPS) is 13.4. The van der Waals surface area contributed by atoms with Crippen LogP contribution in [0.2, 0.25) is 0 Å². The highest BCUT2D eigenvalue weighted by atomic mass is 15.2. The van der Waals surface area contributed by atoms with Crippen LogP contribution in [0.4, 0.5) is 0 Å². The quantitative estimate of drug-likeness (QED) is 0.872. The van der Waals surface area contributed by atoms with Crippen LogP contribution in [0.3, 0.4) is 0 Å². The van der Waals surface area contributed by atoms with Crippen LogP contribution in [0.1, 0.15) is 43.9 Å². The van der Waals surface area contributed by atoms with E-state index < -0.39 is 0 Å². The number of benzene rings is 1. The van der Waals surface area contributed by atoms with Gasteiger partial charge in [0.15, 0.2) is 0 Å². The van der Waals surface area contributed by atoms with Gasteiger partial charge < -0.3 is 5.32 Å². The number of likely N-dealkylation sites (N-methyl/N-ethyl adjacent to an activating group) is 1. The van der Waals surface area contributed by atoms with Crippen LogP contribution in [0.5, 0.6) is 0 Å². The fourth-order valence-corrected chi connectivity index (χ4v) is 3.35. The molecule has 0 amide bonds. The first-order valence-corrected chi connectivity index (χ1v) is 7.39. The molecule has 1 aromatic carbocycles. The smallest absolute Gasteiger partial charge is 0.0537 e. The molecule has 0 aliphatic heterocycles. The first-order chi connectivity index (χ1) is 9.67. The summed E-state index contributed by atoms with van der Waals surface area (Å²) in [6.45, 7) is 4.55. The van der Waals surface area contributed by atoms with Crippen LogP contribution >= 0.6 is 0 Å². The molecule has 20 heavy (non-hydrogen) atoms. The second-order valence-electron chi connectivity index (χ2n) is 5.40. The number of aryl methyl sites for hydroxylation is 1. The van der Waals surface area contributed by atoms with Crippen molar-refractivity contribution in [3.8, 4) is 0 Å². The lowest BCUT2D eigenvalue weighted by atomic mass is 9.68. The van der Waals surface area contributed by atoms with Gasteiger partial charge in [-0.15, -0.1) is 0 Å². The molecule has 1 N–H and O–H groups in total. The largest absolute Gasteiger partial charge is 0.312 e. The third kappa shape index (κ3) is 2.50. The van der Waals surface area contributed by atoms with E-state index in [1.54, 1.807) is 0 Å². The monoisotopic (exact) mass is 271 g/mol. The zero-order chi connectivity index (χ0) is 14.6. The van der Waals surface area contributed by atoms with E-state index in [9.17, 15) is 0 Å². The second kappa shape index (κ2) is 6.23. The van der Waals surface area contributed by atoms with Crippen molar-refractivity contribution in [2.45, 2.75) is 38.1 Å². The number of hydrogen-bond donors (Lipinski definition) is 1. The van der Waals surface area contributed by atoms with Crippen molar-refractivity contribution in [1.29, 1.82) is 0 Å². The minimum absolute atomic E-state index is 0.0963. The average Bonchev–Trinajstić information content (AvgIpc) is 2.92. The van der Waals surface area contributed by atoms with Crippen molar-refractivity contribution in [1.82, 2.24) is 15.1 Å². The maximum atomic E-state index is 4.34. The molecule has 2 aromatic rings. The Kier molecular flexibility index (Phi) is 4.61. The molecule has 1 atom stereocenters. The minimum atomic E-state index is 0.0963. The molecule has 0 saturated carbocycles. The predicted molar refractivity (Wildman–Crippen MR) is 83.7 cm³/mol. The summed E-state index contributed by atoms with van der Waals surface area (Å²) in [4.78, 5) is 0. The number of hydrogen-bond acceptors (Lipinski definition) is 2. The molecule has 1 aromatic heterocycles. The predicted octanol–water partition coefficient (Wildman–Crippen LogP) is 3.44. The van der Waals surface area contributed by atoms with Crippen LogP contribution < -0.4 is 5.32 Å². The summed E-state index contributed by atoms with van der Waals surface area (Å²) in [6, 6.07) is 11.1. The standard InChI is InChI=1S/C17H25N3/c1-5-17(6-2,15-10-8-7-9-11-15)16(18-3)14-12-19-20(4)13-14/h7-13,16,18H,5-6H2,1-4H3. The van der Waals surface area contributed by atoms with Gasteiger partial charge in [-0.2, -0.15) is 5.10 Å². The molecule has 0 saturated heterocycles. The van der Waals surface area contributed by atoms with Crippen molar-refractivity contribution in [3.05, 3.63) is 53.9 Å². The molecular weight excluding hydrogens is 246 g/mol. The van der Waals surface area contributed by atoms with E-state index >= 15 is 0 Å². The zero-order valence-electron chi connectivity index (χ0n) is 12.9. The van der Waals surface area contributed by atoms with Gasteiger partial charge in [0.2, 0.25) is 0 Å². The topological polar surface area (TPSA) is 29.9 Å². The Morgan fingerprint density at radius 1 is 1.20 bits per heavy atom. The Bertz CT molecular complexity index is 526. The van der Waals surface area contributed by atoms with Gasteiger partial charge in [0, 0.05) is 30.3 Å². The fraction of sp³-hybridized carbons (Fsp3) is 0.471. The second-order valence-corrected chi connectivity index (χ2v) is 5.40. The van der Waals surface area contributed by atoms with Gasteiger partial charge in [-0.1, -0.05) is 44.2 Å². The summed E-state index contributed by atoms with van der Waals surface area (Å²) in [5, 5.41) is 7.86. The van der Waals surface area contributed by atoms with E-state index in [4.69, 9.17) is 0 Å². The Labute approximate surface area is 122 Å². The first-order valence-electron chi connectivity index (χ1n) is 7.39. The molecule has 3 heteroatoms. The third-order valence-electron chi connectivity index (χ3n) is 4.51. The Balaban J connectivity index is 2.50. The van der Waals surface area contributed by atoms with E-state index in [1.807, 2.05) is 25.0 Å². The van der Waals surface area contributed by atoms with Crippen LogP contribution in [0.15, 0.2) is 42.7 Å². The number of rotatable bonds is 6. The molecule has 2 rings (SSSR count). The molecule has 1 heterocycles. The van der Waals surface area contributed by atoms with Gasteiger partial charge in [0.05, 0.1) is 6.20 Å². The van der Waals surface area contributed by atoms with E-state index in [2.05, 4.69) is 60.8 Å². The molecule has 0 aliphatic rings. The Hall–Kier alpha value is -1.61. The number of nitrogens with one attached hydrogen (secondary N) is 1. The highest BCUT2D eigenvalue weighted by Crippen LogP contribution is 2.42. The molecule has 0 radical (unpaired) electrons. The van der Waals surface area contributed by atoms with Gasteiger partial charge in [-0.3, -0.25) is 4.68 Å². The molecule has 1 unspecified atom stereocenters. The van der Waals surface area contributed by atoms with Crippen molar-refractivity contribution < 1.29 is 0 Å². The van der Waals surface area contributed by atoms with Crippen molar-refractivity contribution in [2.24, 2.45) is 7.05 Å². The first kappa shape index (κ1) is 14.8. The van der Waals surface area contributed by atoms with E-state index in [0.29, 0.717) is 0 Å². The van der Waals surface area contributed by atoms with Gasteiger partial charge >= 0.3 is 0 Å². The number of aromatic nitrogens is 2. The zero-order valence-corrected chi connectivity index (χ0v) is 12.9. The highest BCUT2D eigenvalue weighted by Gasteiger charge is 2.37. The fourth-order valence-electron chi connectivity index (χ4n) is 3.35. The average molecular weight is 271 g/mol. The highest BCUT2D eigenvalue weighted by molar-refractivity contribution is 5.31. The molecular formula is C17H25N3. The van der Waals surface area contributed by atoms with Crippen LogP contribution in [0.25, 0.3) is 0 Å².